The monoisotopic (exact) mass is 239 g/mol. The maximum Gasteiger partial charge on any atom is 0.471 e. The van der Waals surface area contributed by atoms with E-state index in [2.05, 4.69) is 0 Å². The fraction of sp³-hybridized carbons (Fsp3) is 0.778. The predicted molar refractivity (Wildman–Crippen MR) is 47.5 cm³/mol. The zero-order valence-corrected chi connectivity index (χ0v) is 8.62. The van der Waals surface area contributed by atoms with Crippen molar-refractivity contribution >= 4 is 11.9 Å². The Balaban J connectivity index is 2.73. The number of hydrogen-bond acceptors (Lipinski definition) is 2. The first kappa shape index (κ1) is 12.8. The van der Waals surface area contributed by atoms with Crippen LogP contribution in [0.15, 0.2) is 0 Å². The Bertz CT molecular complexity index is 303. The third kappa shape index (κ3) is 2.65. The molecule has 1 fully saturated rings. The van der Waals surface area contributed by atoms with Gasteiger partial charge < -0.3 is 10.0 Å². The van der Waals surface area contributed by atoms with E-state index in [9.17, 15) is 22.8 Å². The summed E-state index contributed by atoms with van der Waals surface area (Å²) in [5.41, 5.74) is 0. The zero-order chi connectivity index (χ0) is 12.5. The van der Waals surface area contributed by atoms with Gasteiger partial charge in [-0.3, -0.25) is 9.59 Å². The summed E-state index contributed by atoms with van der Waals surface area (Å²) >= 11 is 0. The Labute approximate surface area is 90.0 Å². The number of aliphatic carboxylic acids is 1. The van der Waals surface area contributed by atoms with E-state index in [1.54, 1.807) is 6.92 Å². The zero-order valence-electron chi connectivity index (χ0n) is 8.62. The molecule has 1 rings (SSSR count). The maximum absolute atomic E-state index is 12.1. The van der Waals surface area contributed by atoms with Crippen LogP contribution in [0, 0.1) is 11.8 Å². The number of nitrogens with zero attached hydrogens (tertiary/aromatic N) is 1. The van der Waals surface area contributed by atoms with E-state index >= 15 is 0 Å². The lowest BCUT2D eigenvalue weighted by Gasteiger charge is -2.35. The third-order valence-electron chi connectivity index (χ3n) is 2.81. The molecule has 0 aliphatic carbocycles. The van der Waals surface area contributed by atoms with Crippen LogP contribution >= 0.6 is 0 Å². The molecule has 0 saturated carbocycles. The summed E-state index contributed by atoms with van der Waals surface area (Å²) < 4.78 is 36.4. The molecule has 0 radical (unpaired) electrons. The van der Waals surface area contributed by atoms with Crippen LogP contribution in [-0.2, 0) is 9.59 Å². The number of carbonyl (C=O) groups excluding carboxylic acids is 1. The Morgan fingerprint density at radius 3 is 2.38 bits per heavy atom. The number of carboxylic acids is 1. The standard InChI is InChI=1S/C9H12F3NO3/c1-5-2-3-13(4-6(5)7(14)15)8(16)9(10,11)12/h5-6H,2-4H2,1H3,(H,14,15)/t5-,6+/m1/s1. The number of likely N-dealkylation sites (tertiary alicyclic amines) is 1. The third-order valence-corrected chi connectivity index (χ3v) is 2.81. The molecule has 1 aliphatic rings. The van der Waals surface area contributed by atoms with Crippen molar-refractivity contribution < 1.29 is 27.9 Å². The molecular weight excluding hydrogens is 227 g/mol. The molecular formula is C9H12F3NO3. The summed E-state index contributed by atoms with van der Waals surface area (Å²) in [7, 11) is 0. The highest BCUT2D eigenvalue weighted by molar-refractivity contribution is 5.82. The second kappa shape index (κ2) is 4.31. The van der Waals surface area contributed by atoms with Crippen molar-refractivity contribution in [3.05, 3.63) is 0 Å². The molecule has 1 aliphatic heterocycles. The summed E-state index contributed by atoms with van der Waals surface area (Å²) in [4.78, 5) is 22.2. The number of amides is 1. The van der Waals surface area contributed by atoms with Crippen molar-refractivity contribution in [2.24, 2.45) is 11.8 Å². The molecule has 4 nitrogen and oxygen atoms in total. The Hall–Kier alpha value is -1.27. The van der Waals surface area contributed by atoms with Gasteiger partial charge in [0, 0.05) is 13.1 Å². The molecule has 1 heterocycles. The van der Waals surface area contributed by atoms with Crippen molar-refractivity contribution in [3.8, 4) is 0 Å². The average molecular weight is 239 g/mol. The highest BCUT2D eigenvalue weighted by atomic mass is 19.4. The molecule has 1 amide bonds. The molecule has 0 aromatic heterocycles. The first-order valence-corrected chi connectivity index (χ1v) is 4.82. The lowest BCUT2D eigenvalue weighted by Crippen LogP contribution is -2.50. The second-order valence-corrected chi connectivity index (χ2v) is 3.96. The van der Waals surface area contributed by atoms with Gasteiger partial charge in [-0.1, -0.05) is 6.92 Å². The van der Waals surface area contributed by atoms with E-state index < -0.39 is 24.0 Å². The summed E-state index contributed by atoms with van der Waals surface area (Å²) in [6.07, 6.45) is -4.65. The summed E-state index contributed by atoms with van der Waals surface area (Å²) in [6.45, 7) is 1.26. The minimum absolute atomic E-state index is 0.0384. The molecule has 0 unspecified atom stereocenters. The molecule has 0 aromatic rings. The van der Waals surface area contributed by atoms with Gasteiger partial charge in [0.05, 0.1) is 5.92 Å². The van der Waals surface area contributed by atoms with Crippen LogP contribution in [-0.4, -0.2) is 41.1 Å². The van der Waals surface area contributed by atoms with Gasteiger partial charge in [-0.2, -0.15) is 13.2 Å². The van der Waals surface area contributed by atoms with Gasteiger partial charge in [0.2, 0.25) is 0 Å². The van der Waals surface area contributed by atoms with E-state index in [4.69, 9.17) is 5.11 Å². The Morgan fingerprint density at radius 2 is 1.94 bits per heavy atom. The lowest BCUT2D eigenvalue weighted by atomic mass is 9.87. The van der Waals surface area contributed by atoms with Gasteiger partial charge in [-0.05, 0) is 12.3 Å². The van der Waals surface area contributed by atoms with E-state index in [1.165, 1.54) is 0 Å². The topological polar surface area (TPSA) is 57.6 Å². The molecule has 16 heavy (non-hydrogen) atoms. The van der Waals surface area contributed by atoms with E-state index in [0.717, 1.165) is 0 Å². The average Bonchev–Trinajstić information content (AvgIpc) is 2.15. The molecule has 92 valence electrons. The molecule has 0 aromatic carbocycles. The van der Waals surface area contributed by atoms with Crippen LogP contribution in [0.2, 0.25) is 0 Å². The number of carboxylic acid groups (broad SMARTS) is 1. The fourth-order valence-electron chi connectivity index (χ4n) is 1.75. The number of halogens is 3. The molecule has 1 N–H and O–H groups in total. The smallest absolute Gasteiger partial charge is 0.471 e. The number of hydrogen-bond donors (Lipinski definition) is 1. The molecule has 2 atom stereocenters. The Kier molecular flexibility index (Phi) is 3.44. The molecule has 1 saturated heterocycles. The van der Waals surface area contributed by atoms with E-state index in [-0.39, 0.29) is 25.4 Å². The SMILES string of the molecule is C[C@@H]1CCN(C(=O)C(F)(F)F)C[C@@H]1C(=O)O. The number of alkyl halides is 3. The molecule has 0 spiro atoms. The van der Waals surface area contributed by atoms with Crippen LogP contribution in [0.25, 0.3) is 0 Å². The number of piperidine rings is 1. The van der Waals surface area contributed by atoms with Gasteiger partial charge >= 0.3 is 18.1 Å². The molecule has 7 heteroatoms. The Morgan fingerprint density at radius 1 is 1.38 bits per heavy atom. The second-order valence-electron chi connectivity index (χ2n) is 3.96. The minimum Gasteiger partial charge on any atom is -0.481 e. The van der Waals surface area contributed by atoms with Crippen LogP contribution in [0.1, 0.15) is 13.3 Å². The number of rotatable bonds is 1. The highest BCUT2D eigenvalue weighted by Gasteiger charge is 2.45. The van der Waals surface area contributed by atoms with Crippen molar-refractivity contribution in [1.29, 1.82) is 0 Å². The van der Waals surface area contributed by atoms with Crippen molar-refractivity contribution in [2.45, 2.75) is 19.5 Å². The largest absolute Gasteiger partial charge is 0.481 e. The molecule has 0 bridgehead atoms. The van der Waals surface area contributed by atoms with Gasteiger partial charge in [0.1, 0.15) is 0 Å². The highest BCUT2D eigenvalue weighted by Crippen LogP contribution is 2.27. The van der Waals surface area contributed by atoms with Crippen LogP contribution in [0.3, 0.4) is 0 Å². The first-order valence-electron chi connectivity index (χ1n) is 4.82. The summed E-state index contributed by atoms with van der Waals surface area (Å²) in [5, 5.41) is 8.79. The van der Waals surface area contributed by atoms with Gasteiger partial charge in [-0.15, -0.1) is 0 Å². The van der Waals surface area contributed by atoms with E-state index in [0.29, 0.717) is 4.90 Å². The fourth-order valence-corrected chi connectivity index (χ4v) is 1.75. The first-order chi connectivity index (χ1) is 7.23. The van der Waals surface area contributed by atoms with Crippen molar-refractivity contribution in [3.63, 3.8) is 0 Å². The summed E-state index contributed by atoms with van der Waals surface area (Å²) in [6, 6.07) is 0. The lowest BCUT2D eigenvalue weighted by molar-refractivity contribution is -0.188. The van der Waals surface area contributed by atoms with Crippen LogP contribution in [0.5, 0.6) is 0 Å². The van der Waals surface area contributed by atoms with E-state index in [1.807, 2.05) is 0 Å². The van der Waals surface area contributed by atoms with Crippen molar-refractivity contribution in [1.82, 2.24) is 4.90 Å². The quantitative estimate of drug-likeness (QED) is 0.745. The normalized spacial score (nSPS) is 26.6. The minimum atomic E-state index is -4.93. The van der Waals surface area contributed by atoms with Crippen molar-refractivity contribution in [2.75, 3.05) is 13.1 Å². The van der Waals surface area contributed by atoms with Gasteiger partial charge in [0.15, 0.2) is 0 Å². The summed E-state index contributed by atoms with van der Waals surface area (Å²) in [5.74, 6) is -4.24. The van der Waals surface area contributed by atoms with Crippen LogP contribution < -0.4 is 0 Å². The van der Waals surface area contributed by atoms with Crippen LogP contribution in [0.4, 0.5) is 13.2 Å². The predicted octanol–water partition coefficient (Wildman–Crippen LogP) is 1.12. The van der Waals surface area contributed by atoms with Gasteiger partial charge in [0.25, 0.3) is 0 Å². The maximum atomic E-state index is 12.1. The number of carbonyl (C=O) groups is 2. The van der Waals surface area contributed by atoms with Gasteiger partial charge in [-0.25, -0.2) is 0 Å².